The molecule has 2 heterocycles. The van der Waals surface area contributed by atoms with E-state index in [2.05, 4.69) is 21.3 Å². The molecule has 6 rings (SSSR count). The molecule has 3 aromatic carbocycles. The number of aryl methyl sites for hydroxylation is 1. The predicted molar refractivity (Wildman–Crippen MR) is 203 cm³/mol. The maximum Gasteiger partial charge on any atom is 0.330 e. The normalized spacial score (nSPS) is 18.8. The van der Waals surface area contributed by atoms with Crippen LogP contribution in [-0.4, -0.2) is 71.2 Å². The predicted octanol–water partition coefficient (Wildman–Crippen LogP) is 3.86. The van der Waals surface area contributed by atoms with Crippen LogP contribution in [0.1, 0.15) is 81.0 Å². The van der Waals surface area contributed by atoms with Gasteiger partial charge < -0.3 is 35.8 Å². The van der Waals surface area contributed by atoms with Crippen LogP contribution in [0.3, 0.4) is 0 Å². The van der Waals surface area contributed by atoms with Gasteiger partial charge >= 0.3 is 11.9 Å². The Labute approximate surface area is 325 Å². The Balaban J connectivity index is 1.33. The number of ether oxygens (including phenoxy) is 2. The van der Waals surface area contributed by atoms with E-state index in [4.69, 9.17) is 9.47 Å². The number of fused-ring (bicyclic) bond motifs is 10. The van der Waals surface area contributed by atoms with Gasteiger partial charge in [0.05, 0.1) is 12.6 Å². The molecule has 0 spiro atoms. The van der Waals surface area contributed by atoms with E-state index in [0.29, 0.717) is 48.3 Å². The molecular formula is C42H48N4O10. The maximum atomic E-state index is 14.0. The first-order valence-electron chi connectivity index (χ1n) is 19.1. The number of rotatable bonds is 12. The highest BCUT2D eigenvalue weighted by atomic mass is 16.5. The summed E-state index contributed by atoms with van der Waals surface area (Å²) in [4.78, 5) is 92.1. The lowest BCUT2D eigenvalue weighted by molar-refractivity contribution is -0.160. The van der Waals surface area contributed by atoms with Crippen molar-refractivity contribution in [2.45, 2.75) is 95.4 Å². The van der Waals surface area contributed by atoms with Crippen LogP contribution in [-0.2, 0) is 51.1 Å². The number of carboxylic acids is 1. The van der Waals surface area contributed by atoms with Gasteiger partial charge in [-0.3, -0.25) is 24.0 Å². The minimum Gasteiger partial charge on any atom is -0.479 e. The second-order valence-electron chi connectivity index (χ2n) is 14.1. The number of hydrogen-bond donors (Lipinski definition) is 5. The van der Waals surface area contributed by atoms with Gasteiger partial charge in [-0.05, 0) is 72.6 Å². The Morgan fingerprint density at radius 2 is 1.57 bits per heavy atom. The summed E-state index contributed by atoms with van der Waals surface area (Å²) in [5, 5.41) is 19.6. The summed E-state index contributed by atoms with van der Waals surface area (Å²) >= 11 is 0. The van der Waals surface area contributed by atoms with E-state index in [1.54, 1.807) is 61.5 Å². The van der Waals surface area contributed by atoms with Crippen LogP contribution in [0, 0.1) is 5.92 Å². The quantitative estimate of drug-likeness (QED) is 0.133. The lowest BCUT2D eigenvalue weighted by Crippen LogP contribution is -2.53. The van der Waals surface area contributed by atoms with Crippen molar-refractivity contribution in [3.05, 3.63) is 95.6 Å². The van der Waals surface area contributed by atoms with Gasteiger partial charge in [-0.1, -0.05) is 87.2 Å². The number of aliphatic carboxylic acids is 1. The molecule has 0 radical (unpaired) electrons. The van der Waals surface area contributed by atoms with Crippen molar-refractivity contribution in [1.29, 1.82) is 0 Å². The molecule has 1 saturated carbocycles. The topological polar surface area (TPSA) is 206 Å². The molecule has 4 bridgehead atoms. The summed E-state index contributed by atoms with van der Waals surface area (Å²) in [6.07, 6.45) is 3.54. The third kappa shape index (κ3) is 11.7. The molecule has 3 aliphatic rings. The largest absolute Gasteiger partial charge is 0.479 e. The van der Waals surface area contributed by atoms with Crippen molar-refractivity contribution >= 4 is 41.4 Å². The summed E-state index contributed by atoms with van der Waals surface area (Å²) in [7, 11) is 0. The Bertz CT molecular complexity index is 1880. The second kappa shape index (κ2) is 20.0. The number of nitrogens with one attached hydrogen (secondary N) is 4. The number of carbonyl (C=O) groups is 7. The van der Waals surface area contributed by atoms with Crippen LogP contribution in [0.25, 0.3) is 0 Å². The van der Waals surface area contributed by atoms with Crippen molar-refractivity contribution in [3.63, 3.8) is 0 Å². The van der Waals surface area contributed by atoms with Crippen LogP contribution in [0.5, 0.6) is 11.5 Å². The fourth-order valence-corrected chi connectivity index (χ4v) is 6.93. The van der Waals surface area contributed by atoms with Gasteiger partial charge in [-0.25, -0.2) is 9.59 Å². The fraction of sp³-hybridized carbons (Fsp3) is 0.405. The third-order valence-electron chi connectivity index (χ3n) is 9.89. The van der Waals surface area contributed by atoms with Gasteiger partial charge in [0.1, 0.15) is 17.5 Å². The standard InChI is InChI=1S/C42H48N4O10/c1-2-10-32(38(49)40(51)43-25-35(48)46-36(41(52)53)28-12-5-3-6-13-28)44-39(50)33-24-27-11-9-16-31(23-27)55-30-20-17-26(18-21-30)19-22-34(47)45-37(42(54)56-33)29-14-7-4-8-15-29/h3,5-6,9,11-13,16-18,20-21,23,29,32-33,36-37H,2,4,7-8,10,14-15,19,22,24-25H2,1H3,(H,43,51)(H,44,50)(H,45,47)(H,46,48)(H,52,53). The summed E-state index contributed by atoms with van der Waals surface area (Å²) < 4.78 is 12.0. The van der Waals surface area contributed by atoms with Crippen molar-refractivity contribution < 1.29 is 48.1 Å². The number of Topliss-reactive ketones (excluding diaryl/α,β-unsaturated/α-hetero) is 1. The molecule has 4 unspecified atom stereocenters. The van der Waals surface area contributed by atoms with Gasteiger partial charge in [0.25, 0.3) is 11.8 Å². The lowest BCUT2D eigenvalue weighted by Gasteiger charge is -2.31. The van der Waals surface area contributed by atoms with E-state index < -0.39 is 66.2 Å². The van der Waals surface area contributed by atoms with Gasteiger partial charge in [-0.15, -0.1) is 0 Å². The molecular weight excluding hydrogens is 720 g/mol. The molecule has 2 aliphatic heterocycles. The Kier molecular flexibility index (Phi) is 14.7. The Morgan fingerprint density at radius 1 is 0.839 bits per heavy atom. The first-order chi connectivity index (χ1) is 27.0. The van der Waals surface area contributed by atoms with Crippen LogP contribution in [0.15, 0.2) is 78.9 Å². The van der Waals surface area contributed by atoms with E-state index in [-0.39, 0.29) is 31.1 Å². The number of amides is 4. The van der Waals surface area contributed by atoms with E-state index in [1.165, 1.54) is 12.1 Å². The molecule has 14 heteroatoms. The average molecular weight is 769 g/mol. The number of ketones is 1. The van der Waals surface area contributed by atoms with Crippen LogP contribution < -0.4 is 26.0 Å². The highest BCUT2D eigenvalue weighted by molar-refractivity contribution is 6.38. The first kappa shape index (κ1) is 41.1. The smallest absolute Gasteiger partial charge is 0.330 e. The molecule has 5 N–H and O–H groups in total. The summed E-state index contributed by atoms with van der Waals surface area (Å²) in [6, 6.07) is 18.5. The van der Waals surface area contributed by atoms with Crippen LogP contribution >= 0.6 is 0 Å². The highest BCUT2D eigenvalue weighted by Crippen LogP contribution is 2.29. The zero-order valence-electron chi connectivity index (χ0n) is 31.3. The second-order valence-corrected chi connectivity index (χ2v) is 14.1. The molecule has 4 amide bonds. The molecule has 14 nitrogen and oxygen atoms in total. The first-order valence-corrected chi connectivity index (χ1v) is 19.1. The number of esters is 1. The van der Waals surface area contributed by atoms with E-state index in [9.17, 15) is 38.7 Å². The number of hydrogen-bond acceptors (Lipinski definition) is 9. The molecule has 4 atom stereocenters. The molecule has 3 aromatic rings. The maximum absolute atomic E-state index is 14.0. The molecule has 1 aliphatic carbocycles. The van der Waals surface area contributed by atoms with Gasteiger partial charge in [-0.2, -0.15) is 0 Å². The summed E-state index contributed by atoms with van der Waals surface area (Å²) in [6.45, 7) is 1.05. The minimum atomic E-state index is -1.47. The molecule has 56 heavy (non-hydrogen) atoms. The van der Waals surface area contributed by atoms with Crippen molar-refractivity contribution in [2.24, 2.45) is 5.92 Å². The van der Waals surface area contributed by atoms with Crippen LogP contribution in [0.4, 0.5) is 0 Å². The highest BCUT2D eigenvalue weighted by Gasteiger charge is 2.37. The third-order valence-corrected chi connectivity index (χ3v) is 9.89. The molecule has 1 fully saturated rings. The van der Waals surface area contributed by atoms with Crippen molar-refractivity contribution in [2.75, 3.05) is 6.54 Å². The van der Waals surface area contributed by atoms with Crippen molar-refractivity contribution in [3.8, 4) is 11.5 Å². The molecule has 0 aromatic heterocycles. The number of carbonyl (C=O) groups excluding carboxylic acids is 6. The average Bonchev–Trinajstić information content (AvgIpc) is 3.20. The van der Waals surface area contributed by atoms with Crippen molar-refractivity contribution in [1.82, 2.24) is 21.3 Å². The van der Waals surface area contributed by atoms with E-state index in [0.717, 1.165) is 24.8 Å². The lowest BCUT2D eigenvalue weighted by atomic mass is 9.83. The number of carboxylic acid groups (broad SMARTS) is 1. The van der Waals surface area contributed by atoms with E-state index >= 15 is 0 Å². The van der Waals surface area contributed by atoms with Gasteiger partial charge in [0, 0.05) is 12.8 Å². The zero-order valence-corrected chi connectivity index (χ0v) is 31.3. The zero-order chi connectivity index (χ0) is 40.0. The Morgan fingerprint density at radius 3 is 2.27 bits per heavy atom. The van der Waals surface area contributed by atoms with Gasteiger partial charge in [0.15, 0.2) is 12.1 Å². The SMILES string of the molecule is CCCC(NC(=O)C1Cc2cccc(c2)Oc2ccc(cc2)CCC(=O)NC(C2CCCCC2)C(=O)O1)C(=O)C(=O)NCC(=O)NC(C(=O)O)c1ccccc1. The Hall–Kier alpha value is -6.05. The molecule has 0 saturated heterocycles. The summed E-state index contributed by atoms with van der Waals surface area (Å²) in [5.74, 6) is -5.49. The summed E-state index contributed by atoms with van der Waals surface area (Å²) in [5.41, 5.74) is 1.81. The molecule has 296 valence electrons. The monoisotopic (exact) mass is 768 g/mol. The van der Waals surface area contributed by atoms with Crippen LogP contribution in [0.2, 0.25) is 0 Å². The fourth-order valence-electron chi connectivity index (χ4n) is 6.93. The minimum absolute atomic E-state index is 0.0443. The number of benzene rings is 3. The van der Waals surface area contributed by atoms with E-state index in [1.807, 2.05) is 12.1 Å². The van der Waals surface area contributed by atoms with Gasteiger partial charge in [0.2, 0.25) is 17.6 Å².